The van der Waals surface area contributed by atoms with Crippen molar-refractivity contribution in [3.8, 4) is 0 Å². The topological polar surface area (TPSA) is 63.0 Å². The highest BCUT2D eigenvalue weighted by atomic mass is 16.3. The zero-order chi connectivity index (χ0) is 11.3. The highest BCUT2D eigenvalue weighted by Gasteiger charge is 2.22. The Morgan fingerprint density at radius 2 is 2.33 bits per heavy atom. The molecule has 1 heterocycles. The Balaban J connectivity index is 2.59. The third-order valence-corrected chi connectivity index (χ3v) is 2.45. The van der Waals surface area contributed by atoms with Crippen LogP contribution in [-0.2, 0) is 13.0 Å². The van der Waals surface area contributed by atoms with E-state index in [1.54, 1.807) is 0 Å². The van der Waals surface area contributed by atoms with Gasteiger partial charge in [-0.2, -0.15) is 5.10 Å². The molecule has 1 unspecified atom stereocenters. The minimum Gasteiger partial charge on any atom is -0.390 e. The van der Waals surface area contributed by atoms with Gasteiger partial charge in [-0.1, -0.05) is 0 Å². The summed E-state index contributed by atoms with van der Waals surface area (Å²) in [6, 6.07) is 0. The molecule has 0 aliphatic heterocycles. The van der Waals surface area contributed by atoms with Gasteiger partial charge in [-0.15, -0.1) is 0 Å². The highest BCUT2D eigenvalue weighted by Crippen LogP contribution is 2.14. The quantitative estimate of drug-likeness (QED) is 0.707. The van der Waals surface area contributed by atoms with Crippen LogP contribution in [0.2, 0.25) is 0 Å². The second kappa shape index (κ2) is 5.23. The molecule has 0 aromatic carbocycles. The SMILES string of the molecule is CCn1ncnc1CC(C)(O)CCNC. The second-order valence-corrected chi connectivity index (χ2v) is 4.02. The minimum atomic E-state index is -0.719. The lowest BCUT2D eigenvalue weighted by atomic mass is 9.98. The summed E-state index contributed by atoms with van der Waals surface area (Å²) in [4.78, 5) is 4.15. The van der Waals surface area contributed by atoms with Crippen LogP contribution in [0.3, 0.4) is 0 Å². The van der Waals surface area contributed by atoms with E-state index >= 15 is 0 Å². The maximum absolute atomic E-state index is 10.1. The van der Waals surface area contributed by atoms with E-state index in [2.05, 4.69) is 15.4 Å². The number of rotatable bonds is 6. The van der Waals surface area contributed by atoms with Crippen LogP contribution in [0.4, 0.5) is 0 Å². The predicted molar refractivity (Wildman–Crippen MR) is 58.6 cm³/mol. The van der Waals surface area contributed by atoms with E-state index in [-0.39, 0.29) is 0 Å². The van der Waals surface area contributed by atoms with Gasteiger partial charge in [-0.25, -0.2) is 4.98 Å². The van der Waals surface area contributed by atoms with Gasteiger partial charge in [0.2, 0.25) is 0 Å². The molecule has 86 valence electrons. The van der Waals surface area contributed by atoms with Gasteiger partial charge in [0, 0.05) is 13.0 Å². The summed E-state index contributed by atoms with van der Waals surface area (Å²) in [7, 11) is 1.88. The highest BCUT2D eigenvalue weighted by molar-refractivity contribution is 4.92. The summed E-state index contributed by atoms with van der Waals surface area (Å²) in [5, 5.41) is 17.2. The van der Waals surface area contributed by atoms with E-state index in [0.29, 0.717) is 12.8 Å². The van der Waals surface area contributed by atoms with E-state index in [1.165, 1.54) is 6.33 Å². The number of aryl methyl sites for hydroxylation is 1. The van der Waals surface area contributed by atoms with Gasteiger partial charge in [-0.3, -0.25) is 4.68 Å². The van der Waals surface area contributed by atoms with Crippen molar-refractivity contribution < 1.29 is 5.11 Å². The lowest BCUT2D eigenvalue weighted by Gasteiger charge is -2.22. The molecule has 1 aromatic rings. The average molecular weight is 212 g/mol. The van der Waals surface area contributed by atoms with Crippen LogP contribution in [0, 0.1) is 0 Å². The van der Waals surface area contributed by atoms with Crippen LogP contribution in [0.5, 0.6) is 0 Å². The number of nitrogens with zero attached hydrogens (tertiary/aromatic N) is 3. The van der Waals surface area contributed by atoms with Gasteiger partial charge >= 0.3 is 0 Å². The van der Waals surface area contributed by atoms with E-state index in [9.17, 15) is 5.11 Å². The minimum absolute atomic E-state index is 0.544. The van der Waals surface area contributed by atoms with Gasteiger partial charge in [0.25, 0.3) is 0 Å². The van der Waals surface area contributed by atoms with Gasteiger partial charge < -0.3 is 10.4 Å². The van der Waals surface area contributed by atoms with E-state index in [4.69, 9.17) is 0 Å². The van der Waals surface area contributed by atoms with E-state index in [0.717, 1.165) is 18.9 Å². The summed E-state index contributed by atoms with van der Waals surface area (Å²) < 4.78 is 1.81. The first-order valence-electron chi connectivity index (χ1n) is 5.32. The molecule has 0 fully saturated rings. The summed E-state index contributed by atoms with van der Waals surface area (Å²) in [6.45, 7) is 5.43. The molecule has 5 nitrogen and oxygen atoms in total. The van der Waals surface area contributed by atoms with Gasteiger partial charge in [0.05, 0.1) is 5.60 Å². The summed E-state index contributed by atoms with van der Waals surface area (Å²) in [6.07, 6.45) is 2.79. The fourth-order valence-corrected chi connectivity index (χ4v) is 1.51. The van der Waals surface area contributed by atoms with Crippen LogP contribution in [0.15, 0.2) is 6.33 Å². The van der Waals surface area contributed by atoms with Gasteiger partial charge in [0.1, 0.15) is 12.2 Å². The molecule has 1 aromatic heterocycles. The molecular formula is C10H20N4O. The first-order chi connectivity index (χ1) is 7.09. The number of aliphatic hydroxyl groups is 1. The third-order valence-electron chi connectivity index (χ3n) is 2.45. The van der Waals surface area contributed by atoms with Crippen LogP contribution in [-0.4, -0.2) is 39.1 Å². The summed E-state index contributed by atoms with van der Waals surface area (Å²) in [5.74, 6) is 0.846. The molecule has 5 heteroatoms. The Kier molecular flexibility index (Phi) is 4.23. The van der Waals surface area contributed by atoms with Gasteiger partial charge in [0.15, 0.2) is 0 Å². The van der Waals surface area contributed by atoms with Crippen LogP contribution in [0.1, 0.15) is 26.1 Å². The fraction of sp³-hybridized carbons (Fsp3) is 0.800. The normalized spacial score (nSPS) is 15.2. The standard InChI is InChI=1S/C10H20N4O/c1-4-14-9(12-8-13-14)7-10(2,15)5-6-11-3/h8,11,15H,4-7H2,1-3H3. The molecule has 0 bridgehead atoms. The summed E-state index contributed by atoms with van der Waals surface area (Å²) >= 11 is 0. The number of nitrogens with one attached hydrogen (secondary N) is 1. The maximum Gasteiger partial charge on any atom is 0.138 e. The van der Waals surface area contributed by atoms with Crippen LogP contribution >= 0.6 is 0 Å². The van der Waals surface area contributed by atoms with E-state index < -0.39 is 5.60 Å². The Hall–Kier alpha value is -0.940. The third kappa shape index (κ3) is 3.60. The molecular weight excluding hydrogens is 192 g/mol. The van der Waals surface area contributed by atoms with Crippen molar-refractivity contribution >= 4 is 0 Å². The molecule has 0 spiro atoms. The Bertz CT molecular complexity index is 295. The van der Waals surface area contributed by atoms with Crippen molar-refractivity contribution in [1.82, 2.24) is 20.1 Å². The van der Waals surface area contributed by atoms with Crippen LogP contribution in [0.25, 0.3) is 0 Å². The number of hydrogen-bond donors (Lipinski definition) is 2. The van der Waals surface area contributed by atoms with Crippen molar-refractivity contribution in [2.75, 3.05) is 13.6 Å². The van der Waals surface area contributed by atoms with E-state index in [1.807, 2.05) is 25.6 Å². The number of hydrogen-bond acceptors (Lipinski definition) is 4. The molecule has 1 rings (SSSR count). The Morgan fingerprint density at radius 1 is 1.60 bits per heavy atom. The van der Waals surface area contributed by atoms with Crippen molar-refractivity contribution in [1.29, 1.82) is 0 Å². The Morgan fingerprint density at radius 3 is 2.93 bits per heavy atom. The van der Waals surface area contributed by atoms with Crippen molar-refractivity contribution in [3.05, 3.63) is 12.2 Å². The molecule has 0 saturated heterocycles. The van der Waals surface area contributed by atoms with Crippen molar-refractivity contribution in [3.63, 3.8) is 0 Å². The monoisotopic (exact) mass is 212 g/mol. The van der Waals surface area contributed by atoms with Gasteiger partial charge in [-0.05, 0) is 33.9 Å². The molecule has 15 heavy (non-hydrogen) atoms. The first kappa shape index (κ1) is 12.1. The molecule has 0 aliphatic carbocycles. The molecule has 0 aliphatic rings. The molecule has 0 radical (unpaired) electrons. The molecule has 2 N–H and O–H groups in total. The Labute approximate surface area is 90.5 Å². The smallest absolute Gasteiger partial charge is 0.138 e. The predicted octanol–water partition coefficient (Wildman–Crippen LogP) is 0.201. The summed E-state index contributed by atoms with van der Waals surface area (Å²) in [5.41, 5.74) is -0.719. The lowest BCUT2D eigenvalue weighted by Crippen LogP contribution is -2.32. The largest absolute Gasteiger partial charge is 0.390 e. The zero-order valence-corrected chi connectivity index (χ0v) is 9.69. The molecule has 0 amide bonds. The van der Waals surface area contributed by atoms with Crippen molar-refractivity contribution in [2.45, 2.75) is 38.8 Å². The fourth-order valence-electron chi connectivity index (χ4n) is 1.51. The second-order valence-electron chi connectivity index (χ2n) is 4.02. The number of aromatic nitrogens is 3. The average Bonchev–Trinajstić information content (AvgIpc) is 2.61. The lowest BCUT2D eigenvalue weighted by molar-refractivity contribution is 0.0489. The van der Waals surface area contributed by atoms with Crippen molar-refractivity contribution in [2.24, 2.45) is 0 Å². The zero-order valence-electron chi connectivity index (χ0n) is 9.69. The molecule has 1 atom stereocenters. The first-order valence-corrected chi connectivity index (χ1v) is 5.32. The molecule has 0 saturated carbocycles. The van der Waals surface area contributed by atoms with Crippen LogP contribution < -0.4 is 5.32 Å². The maximum atomic E-state index is 10.1.